The van der Waals surface area contributed by atoms with Gasteiger partial charge in [0.05, 0.1) is 8.95 Å². The van der Waals surface area contributed by atoms with Crippen molar-refractivity contribution in [3.8, 4) is 5.75 Å². The molecule has 0 aromatic heterocycles. The van der Waals surface area contributed by atoms with Crippen LogP contribution in [-0.4, -0.2) is 12.3 Å². The van der Waals surface area contributed by atoms with E-state index in [-0.39, 0.29) is 11.5 Å². The van der Waals surface area contributed by atoms with Crippen molar-refractivity contribution >= 4 is 53.9 Å². The SMILES string of the molecule is CC(C)CCC[C@@H](C)[C@H]1CC[C@H]2[C@@H]3CC=C4C[C@@H](OC(=O)Oc5c(Br)cc(Br)cc5Br)CC[C@]4(C)[C@H]3CC[C@]12C. The standard InChI is InChI=1S/C34H47Br3O3/c1-20(2)7-6-8-21(3)26-11-12-27-25-10-9-22-17-24(13-15-33(22,4)28(25)14-16-34(26,27)5)39-32(38)40-31-29(36)18-23(35)19-30(31)37/h9,18-21,24-28H,6-8,10-17H2,1-5H3/t21-,24+,25+,26-,27+,28+,33+,34-/m1/s1. The van der Waals surface area contributed by atoms with Gasteiger partial charge in [0.25, 0.3) is 0 Å². The van der Waals surface area contributed by atoms with Gasteiger partial charge in [0.2, 0.25) is 0 Å². The predicted octanol–water partition coefficient (Wildman–Crippen LogP) is 11.9. The lowest BCUT2D eigenvalue weighted by atomic mass is 9.47. The predicted molar refractivity (Wildman–Crippen MR) is 173 cm³/mol. The molecule has 4 aliphatic carbocycles. The first kappa shape index (κ1) is 31.1. The van der Waals surface area contributed by atoms with Crippen LogP contribution in [0, 0.1) is 46.3 Å². The normalized spacial score (nSPS) is 35.8. The number of benzene rings is 1. The summed E-state index contributed by atoms with van der Waals surface area (Å²) < 4.78 is 13.8. The minimum atomic E-state index is -0.625. The summed E-state index contributed by atoms with van der Waals surface area (Å²) in [5.41, 5.74) is 2.29. The van der Waals surface area contributed by atoms with Gasteiger partial charge in [-0.3, -0.25) is 0 Å². The Morgan fingerprint density at radius 2 is 1.70 bits per heavy atom. The molecule has 3 fully saturated rings. The second-order valence-corrected chi connectivity index (χ2v) is 16.9. The van der Waals surface area contributed by atoms with Gasteiger partial charge in [-0.05, 0) is 135 Å². The van der Waals surface area contributed by atoms with Crippen LogP contribution in [0.5, 0.6) is 5.75 Å². The molecule has 0 amide bonds. The molecule has 0 heterocycles. The average molecular weight is 743 g/mol. The van der Waals surface area contributed by atoms with E-state index < -0.39 is 6.16 Å². The number of allylic oxidation sites excluding steroid dienone is 1. The summed E-state index contributed by atoms with van der Waals surface area (Å²) in [7, 11) is 0. The van der Waals surface area contributed by atoms with Crippen molar-refractivity contribution < 1.29 is 14.3 Å². The Labute approximate surface area is 267 Å². The molecule has 1 aromatic rings. The van der Waals surface area contributed by atoms with Gasteiger partial charge in [-0.1, -0.05) is 81.5 Å². The molecule has 40 heavy (non-hydrogen) atoms. The smallest absolute Gasteiger partial charge is 0.430 e. The molecule has 5 rings (SSSR count). The summed E-state index contributed by atoms with van der Waals surface area (Å²) in [5.74, 6) is 5.46. The number of carbonyl (C=O) groups is 1. The zero-order valence-corrected chi connectivity index (χ0v) is 29.7. The Hall–Kier alpha value is -0.330. The topological polar surface area (TPSA) is 35.5 Å². The van der Waals surface area contributed by atoms with Crippen LogP contribution >= 0.6 is 47.8 Å². The highest BCUT2D eigenvalue weighted by atomic mass is 79.9. The first-order chi connectivity index (χ1) is 18.9. The van der Waals surface area contributed by atoms with Crippen molar-refractivity contribution in [2.24, 2.45) is 46.3 Å². The first-order valence-electron chi connectivity index (χ1n) is 15.6. The Morgan fingerprint density at radius 1 is 0.975 bits per heavy atom. The quantitative estimate of drug-likeness (QED) is 0.158. The number of halogens is 3. The van der Waals surface area contributed by atoms with Gasteiger partial charge < -0.3 is 9.47 Å². The largest absolute Gasteiger partial charge is 0.514 e. The maximum Gasteiger partial charge on any atom is 0.514 e. The van der Waals surface area contributed by atoms with E-state index in [2.05, 4.69) is 88.5 Å². The molecule has 0 aliphatic heterocycles. The van der Waals surface area contributed by atoms with Crippen LogP contribution in [0.15, 0.2) is 37.2 Å². The van der Waals surface area contributed by atoms with Gasteiger partial charge in [-0.25, -0.2) is 4.79 Å². The van der Waals surface area contributed by atoms with E-state index in [4.69, 9.17) is 9.47 Å². The number of rotatable bonds is 7. The maximum atomic E-state index is 12.8. The van der Waals surface area contributed by atoms with Gasteiger partial charge >= 0.3 is 6.16 Å². The molecule has 1 aromatic carbocycles. The van der Waals surface area contributed by atoms with E-state index in [1.165, 1.54) is 56.9 Å². The number of hydrogen-bond acceptors (Lipinski definition) is 3. The van der Waals surface area contributed by atoms with E-state index in [9.17, 15) is 4.79 Å². The summed E-state index contributed by atoms with van der Waals surface area (Å²) in [6.45, 7) is 12.5. The summed E-state index contributed by atoms with van der Waals surface area (Å²) in [6, 6.07) is 3.72. The average Bonchev–Trinajstić information content (AvgIpc) is 3.23. The molecule has 3 saturated carbocycles. The zero-order valence-electron chi connectivity index (χ0n) is 24.9. The van der Waals surface area contributed by atoms with Crippen molar-refractivity contribution in [1.82, 2.24) is 0 Å². The van der Waals surface area contributed by atoms with Gasteiger partial charge in [-0.15, -0.1) is 0 Å². The van der Waals surface area contributed by atoms with E-state index in [1.54, 1.807) is 0 Å². The van der Waals surface area contributed by atoms with Crippen LogP contribution in [0.2, 0.25) is 0 Å². The number of fused-ring (bicyclic) bond motifs is 5. The molecule has 6 heteroatoms. The summed E-state index contributed by atoms with van der Waals surface area (Å²) >= 11 is 10.4. The summed E-state index contributed by atoms with van der Waals surface area (Å²) in [4.78, 5) is 12.8. The van der Waals surface area contributed by atoms with Gasteiger partial charge in [0.15, 0.2) is 5.75 Å². The van der Waals surface area contributed by atoms with E-state index in [0.717, 1.165) is 59.2 Å². The van der Waals surface area contributed by atoms with Crippen LogP contribution in [-0.2, 0) is 4.74 Å². The van der Waals surface area contributed by atoms with Crippen LogP contribution in [0.25, 0.3) is 0 Å². The van der Waals surface area contributed by atoms with Crippen molar-refractivity contribution in [3.63, 3.8) is 0 Å². The Kier molecular flexibility index (Phi) is 9.60. The lowest BCUT2D eigenvalue weighted by Gasteiger charge is -2.58. The lowest BCUT2D eigenvalue weighted by Crippen LogP contribution is -2.51. The molecule has 0 unspecified atom stereocenters. The molecule has 3 nitrogen and oxygen atoms in total. The van der Waals surface area contributed by atoms with E-state index in [0.29, 0.717) is 20.1 Å². The minimum absolute atomic E-state index is 0.118. The number of hydrogen-bond donors (Lipinski definition) is 0. The second-order valence-electron chi connectivity index (χ2n) is 14.3. The number of ether oxygens (including phenoxy) is 2. The fraction of sp³-hybridized carbons (Fsp3) is 0.735. The summed E-state index contributed by atoms with van der Waals surface area (Å²) in [5, 5.41) is 0. The number of carbonyl (C=O) groups excluding carboxylic acids is 1. The monoisotopic (exact) mass is 740 g/mol. The third kappa shape index (κ3) is 6.03. The molecule has 8 atom stereocenters. The van der Waals surface area contributed by atoms with Crippen LogP contribution < -0.4 is 4.74 Å². The lowest BCUT2D eigenvalue weighted by molar-refractivity contribution is -0.0597. The molecule has 4 aliphatic rings. The Balaban J connectivity index is 1.23. The molecule has 222 valence electrons. The molecule has 0 N–H and O–H groups in total. The molecule has 0 spiro atoms. The third-order valence-electron chi connectivity index (χ3n) is 11.7. The first-order valence-corrected chi connectivity index (χ1v) is 18.0. The fourth-order valence-electron chi connectivity index (χ4n) is 9.62. The molecular formula is C34H47Br3O3. The van der Waals surface area contributed by atoms with Gasteiger partial charge in [-0.2, -0.15) is 0 Å². The van der Waals surface area contributed by atoms with E-state index >= 15 is 0 Å². The van der Waals surface area contributed by atoms with Crippen molar-refractivity contribution in [2.45, 2.75) is 111 Å². The van der Waals surface area contributed by atoms with Crippen LogP contribution in [0.4, 0.5) is 4.79 Å². The fourth-order valence-corrected chi connectivity index (χ4v) is 12.0. The Morgan fingerprint density at radius 3 is 2.40 bits per heavy atom. The van der Waals surface area contributed by atoms with E-state index in [1.807, 2.05) is 12.1 Å². The minimum Gasteiger partial charge on any atom is -0.430 e. The van der Waals surface area contributed by atoms with Crippen molar-refractivity contribution in [1.29, 1.82) is 0 Å². The van der Waals surface area contributed by atoms with Crippen molar-refractivity contribution in [3.05, 3.63) is 37.2 Å². The molecule has 0 radical (unpaired) electrons. The van der Waals surface area contributed by atoms with Gasteiger partial charge in [0, 0.05) is 10.9 Å². The molecular weight excluding hydrogens is 696 g/mol. The molecule has 0 saturated heterocycles. The van der Waals surface area contributed by atoms with Crippen LogP contribution in [0.3, 0.4) is 0 Å². The zero-order chi connectivity index (χ0) is 28.8. The van der Waals surface area contributed by atoms with Crippen molar-refractivity contribution in [2.75, 3.05) is 0 Å². The van der Waals surface area contributed by atoms with Crippen LogP contribution in [0.1, 0.15) is 105 Å². The Bertz CT molecular complexity index is 1110. The maximum absolute atomic E-state index is 12.8. The summed E-state index contributed by atoms with van der Waals surface area (Å²) in [6.07, 6.45) is 15.7. The highest BCUT2D eigenvalue weighted by Crippen LogP contribution is 2.67. The highest BCUT2D eigenvalue weighted by Gasteiger charge is 2.59. The van der Waals surface area contributed by atoms with Gasteiger partial charge in [0.1, 0.15) is 6.10 Å². The molecule has 0 bridgehead atoms. The second kappa shape index (κ2) is 12.3. The highest BCUT2D eigenvalue weighted by molar-refractivity contribution is 9.11. The third-order valence-corrected chi connectivity index (χ3v) is 13.3.